The molecule has 12 nitrogen and oxygen atoms in total. The average Bonchev–Trinajstić information content (AvgIpc) is 3.38. The fourth-order valence-corrected chi connectivity index (χ4v) is 8.82. The summed E-state index contributed by atoms with van der Waals surface area (Å²) >= 11 is 0. The minimum absolute atomic E-state index is 0.0382. The van der Waals surface area contributed by atoms with E-state index in [1.54, 1.807) is 0 Å². The smallest absolute Gasteiger partial charge is 0.209 e. The molecule has 4 rings (SSSR count). The largest absolute Gasteiger partial charge is 0.748 e. The Labute approximate surface area is 309 Å². The van der Waals surface area contributed by atoms with Crippen LogP contribution >= 0.6 is 0 Å². The molecule has 0 saturated carbocycles. The van der Waals surface area contributed by atoms with Crippen LogP contribution in [0.15, 0.2) is 77.4 Å². The normalized spacial score (nSPS) is 19.8. The van der Waals surface area contributed by atoms with Gasteiger partial charge in [0.2, 0.25) is 5.69 Å². The van der Waals surface area contributed by atoms with E-state index in [1.165, 1.54) is 18.2 Å². The van der Waals surface area contributed by atoms with Crippen molar-refractivity contribution >= 4 is 47.4 Å². The minimum Gasteiger partial charge on any atom is -0.748 e. The fraction of sp³-hybridized carbons (Fsp3) is 0.486. The molecule has 2 heterocycles. The Morgan fingerprint density at radius 2 is 1.46 bits per heavy atom. The van der Waals surface area contributed by atoms with Crippen molar-refractivity contribution in [2.45, 2.75) is 88.4 Å². The third kappa shape index (κ3) is 10.1. The lowest BCUT2D eigenvalue weighted by Crippen LogP contribution is -2.30. The Morgan fingerprint density at radius 3 is 2.12 bits per heavy atom. The molecule has 1 atom stereocenters. The monoisotopic (exact) mass is 775 g/mol. The molecule has 0 aliphatic carbocycles. The van der Waals surface area contributed by atoms with Crippen molar-refractivity contribution < 1.29 is 43.5 Å². The van der Waals surface area contributed by atoms with Crippen LogP contribution in [0, 0.1) is 6.92 Å². The molecular formula is C37H49N3O9S3-2. The summed E-state index contributed by atoms with van der Waals surface area (Å²) in [6.07, 6.45) is 14.4. The first-order valence-electron chi connectivity index (χ1n) is 17.5. The molecular weight excluding hydrogens is 727 g/mol. The number of hydrogen-bond acceptors (Lipinski definition) is 11. The van der Waals surface area contributed by atoms with Crippen molar-refractivity contribution in [3.63, 3.8) is 0 Å². The van der Waals surface area contributed by atoms with Crippen LogP contribution in [0.5, 0.6) is 0 Å². The van der Waals surface area contributed by atoms with Gasteiger partial charge < -0.3 is 24.3 Å². The molecule has 2 aromatic rings. The Balaban J connectivity index is 1.72. The van der Waals surface area contributed by atoms with Gasteiger partial charge in [0.15, 0.2) is 5.71 Å². The molecule has 2 aliphatic rings. The van der Waals surface area contributed by atoms with Crippen molar-refractivity contribution in [1.29, 1.82) is 0 Å². The highest BCUT2D eigenvalue weighted by atomic mass is 32.2. The van der Waals surface area contributed by atoms with Gasteiger partial charge in [0.05, 0.1) is 30.5 Å². The topological polar surface area (TPSA) is 204 Å². The summed E-state index contributed by atoms with van der Waals surface area (Å²) in [6.45, 7) is 9.13. The molecule has 0 spiro atoms. The summed E-state index contributed by atoms with van der Waals surface area (Å²) in [5, 5.41) is 0. The van der Waals surface area contributed by atoms with Crippen LogP contribution < -0.4 is 10.6 Å². The lowest BCUT2D eigenvalue weighted by atomic mass is 9.76. The summed E-state index contributed by atoms with van der Waals surface area (Å²) < 4.78 is 106. The van der Waals surface area contributed by atoms with Gasteiger partial charge in [0, 0.05) is 59.0 Å². The molecule has 0 fully saturated rings. The second-order valence-electron chi connectivity index (χ2n) is 14.3. The van der Waals surface area contributed by atoms with E-state index >= 15 is 0 Å². The van der Waals surface area contributed by atoms with Crippen molar-refractivity contribution in [2.24, 2.45) is 5.73 Å². The van der Waals surface area contributed by atoms with E-state index in [-0.39, 0.29) is 24.3 Å². The first-order valence-corrected chi connectivity index (χ1v) is 22.0. The van der Waals surface area contributed by atoms with Crippen LogP contribution in [0.3, 0.4) is 0 Å². The molecule has 52 heavy (non-hydrogen) atoms. The highest BCUT2D eigenvalue weighted by Gasteiger charge is 2.45. The molecule has 15 heteroatoms. The number of fused-ring (bicyclic) bond motifs is 2. The summed E-state index contributed by atoms with van der Waals surface area (Å²) in [7, 11) is -13.6. The number of hydrogen-bond donors (Lipinski definition) is 1. The van der Waals surface area contributed by atoms with E-state index < -0.39 is 52.7 Å². The van der Waals surface area contributed by atoms with Crippen molar-refractivity contribution in [1.82, 2.24) is 0 Å². The Hall–Kier alpha value is -3.18. The van der Waals surface area contributed by atoms with Crippen LogP contribution in [0.1, 0.15) is 82.4 Å². The molecule has 0 saturated heterocycles. The summed E-state index contributed by atoms with van der Waals surface area (Å²) in [4.78, 5) is 1.73. The van der Waals surface area contributed by atoms with Gasteiger partial charge in [0.25, 0.3) is 0 Å². The Bertz CT molecular complexity index is 2100. The number of aryl methyl sites for hydroxylation is 1. The first-order chi connectivity index (χ1) is 24.2. The maximum Gasteiger partial charge on any atom is 0.209 e. The van der Waals surface area contributed by atoms with E-state index in [9.17, 15) is 38.9 Å². The first kappa shape index (κ1) is 41.6. The van der Waals surface area contributed by atoms with Gasteiger partial charge in [0.1, 0.15) is 16.7 Å². The van der Waals surface area contributed by atoms with Gasteiger partial charge in [-0.25, -0.2) is 25.3 Å². The van der Waals surface area contributed by atoms with Gasteiger partial charge in [-0.15, -0.1) is 0 Å². The lowest BCUT2D eigenvalue weighted by molar-refractivity contribution is -0.437. The van der Waals surface area contributed by atoms with E-state index in [0.717, 1.165) is 60.3 Å². The maximum atomic E-state index is 11.8. The third-order valence-electron chi connectivity index (χ3n) is 9.96. The highest BCUT2D eigenvalue weighted by molar-refractivity contribution is 7.86. The lowest BCUT2D eigenvalue weighted by Gasteiger charge is -2.30. The molecule has 0 aromatic heterocycles. The number of nitrogens with two attached hydrogens (primary N) is 1. The summed E-state index contributed by atoms with van der Waals surface area (Å²) in [5.74, 6) is -1.04. The Morgan fingerprint density at radius 1 is 0.788 bits per heavy atom. The average molecular weight is 776 g/mol. The van der Waals surface area contributed by atoms with Crippen molar-refractivity contribution in [3.8, 4) is 0 Å². The molecule has 2 aliphatic heterocycles. The van der Waals surface area contributed by atoms with Crippen LogP contribution in [-0.2, 0) is 41.2 Å². The summed E-state index contributed by atoms with van der Waals surface area (Å²) in [5.41, 5.74) is 10.7. The number of benzene rings is 2. The number of unbranched alkanes of at least 4 members (excludes halogenated alkanes) is 3. The number of nitrogens with zero attached hydrogens (tertiary/aromatic N) is 2. The van der Waals surface area contributed by atoms with Crippen LogP contribution in [-0.4, -0.2) is 80.3 Å². The van der Waals surface area contributed by atoms with Gasteiger partial charge in [-0.2, -0.15) is 4.58 Å². The quantitative estimate of drug-likeness (QED) is 0.0940. The van der Waals surface area contributed by atoms with Gasteiger partial charge in [-0.1, -0.05) is 55.2 Å². The zero-order valence-corrected chi connectivity index (χ0v) is 32.7. The van der Waals surface area contributed by atoms with Crippen LogP contribution in [0.2, 0.25) is 0 Å². The maximum absolute atomic E-state index is 11.8. The standard InChI is InChI=1S/C37H51N3O9S3/c1-28-16-18-33-31(26-28)37(4,20-10-5-6-11-21-38)35(40(33)23-13-25-51(44,45)46)15-9-7-8-14-34-36(2,3)30-27-29(52(47,48)49)17-19-32(30)39(34)22-12-24-50(41,42)43/h7-9,14-19,26-27H,5-6,10-13,20-25,38H2,1-4H3,(H2-,41,42,43,44,45,46,47,48,49)/p-2. The predicted octanol–water partition coefficient (Wildman–Crippen LogP) is 4.83. The zero-order valence-electron chi connectivity index (χ0n) is 30.2. The molecule has 0 radical (unpaired) electrons. The van der Waals surface area contributed by atoms with E-state index in [0.29, 0.717) is 24.3 Å². The van der Waals surface area contributed by atoms with Gasteiger partial charge in [-0.05, 0) is 83.3 Å². The molecule has 1 unspecified atom stereocenters. The molecule has 2 aromatic carbocycles. The summed E-state index contributed by atoms with van der Waals surface area (Å²) in [6, 6.07) is 10.3. The van der Waals surface area contributed by atoms with E-state index in [1.807, 2.05) is 67.9 Å². The SMILES string of the molecule is Cc1ccc2c(c1)C(C)(CCCCCCN)C(=CC=CC=CC1=[N+](CCCS(=O)(=O)[O-])c3ccc(S(=O)(=O)[O-])cc3C1(C)C)N2CCCS(=O)(=O)[O-]. The second kappa shape index (κ2) is 16.5. The van der Waals surface area contributed by atoms with Crippen LogP contribution in [0.4, 0.5) is 11.4 Å². The zero-order chi connectivity index (χ0) is 38.5. The minimum atomic E-state index is -4.73. The Kier molecular flexibility index (Phi) is 13.2. The number of anilines is 1. The third-order valence-corrected chi connectivity index (χ3v) is 12.4. The van der Waals surface area contributed by atoms with Crippen molar-refractivity contribution in [3.05, 3.63) is 89.2 Å². The fourth-order valence-electron chi connectivity index (χ4n) is 7.35. The second-order valence-corrected chi connectivity index (χ2v) is 18.7. The van der Waals surface area contributed by atoms with Gasteiger partial charge >= 0.3 is 0 Å². The molecule has 286 valence electrons. The van der Waals surface area contributed by atoms with Crippen LogP contribution in [0.25, 0.3) is 0 Å². The van der Waals surface area contributed by atoms with Crippen molar-refractivity contribution in [2.75, 3.05) is 36.0 Å². The molecule has 0 bridgehead atoms. The van der Waals surface area contributed by atoms with E-state index in [2.05, 4.69) is 17.9 Å². The van der Waals surface area contributed by atoms with E-state index in [4.69, 9.17) is 5.73 Å². The predicted molar refractivity (Wildman–Crippen MR) is 200 cm³/mol. The molecule has 0 amide bonds. The highest BCUT2D eigenvalue weighted by Crippen LogP contribution is 2.51. The van der Waals surface area contributed by atoms with Gasteiger partial charge in [-0.3, -0.25) is 0 Å². The number of rotatable bonds is 18. The number of allylic oxidation sites excluding steroid dienone is 6. The molecule has 2 N–H and O–H groups in total.